The van der Waals surface area contributed by atoms with Crippen LogP contribution >= 0.6 is 8.53 Å². The Hall–Kier alpha value is -1.00. The van der Waals surface area contributed by atoms with Crippen LogP contribution in [0.2, 0.25) is 0 Å². The maximum absolute atomic E-state index is 12.2. The summed E-state index contributed by atoms with van der Waals surface area (Å²) in [6.45, 7) is 12.0. The first-order chi connectivity index (χ1) is 19.0. The first kappa shape index (κ1) is 36.0. The quantitative estimate of drug-likeness (QED) is 0.0635. The van der Waals surface area contributed by atoms with Crippen LogP contribution in [0.15, 0.2) is 30.3 Å². The fourth-order valence-corrected chi connectivity index (χ4v) is 6.42. The van der Waals surface area contributed by atoms with Crippen molar-refractivity contribution in [2.45, 2.75) is 156 Å². The molecule has 39 heavy (non-hydrogen) atoms. The molecular weight excluding hydrogens is 505 g/mol. The Bertz CT molecular complexity index is 678. The summed E-state index contributed by atoms with van der Waals surface area (Å²) >= 11 is 0. The summed E-state index contributed by atoms with van der Waals surface area (Å²) in [7, 11) is -1.24. The summed E-state index contributed by atoms with van der Waals surface area (Å²) in [4.78, 5) is 12.2. The minimum absolute atomic E-state index is 0.118. The molecule has 0 N–H and O–H groups in total. The van der Waals surface area contributed by atoms with Gasteiger partial charge in [0, 0.05) is 18.5 Å². The van der Waals surface area contributed by atoms with E-state index in [1.54, 1.807) is 0 Å². The maximum atomic E-state index is 12.2. The van der Waals surface area contributed by atoms with Crippen molar-refractivity contribution in [3.05, 3.63) is 35.9 Å². The first-order valence-corrected chi connectivity index (χ1v) is 17.1. The van der Waals surface area contributed by atoms with Crippen molar-refractivity contribution in [2.75, 3.05) is 13.2 Å². The Morgan fingerprint density at radius 2 is 1.18 bits per heavy atom. The summed E-state index contributed by atoms with van der Waals surface area (Å²) in [5.41, 5.74) is 1.12. The van der Waals surface area contributed by atoms with Crippen molar-refractivity contribution in [2.24, 2.45) is 0 Å². The number of hydrogen-bond donors (Lipinski definition) is 0. The zero-order chi connectivity index (χ0) is 28.6. The molecule has 6 heteroatoms. The van der Waals surface area contributed by atoms with Crippen LogP contribution in [0.1, 0.15) is 143 Å². The lowest BCUT2D eigenvalue weighted by molar-refractivity contribution is -0.144. The van der Waals surface area contributed by atoms with Crippen molar-refractivity contribution < 1.29 is 18.6 Å². The Morgan fingerprint density at radius 1 is 0.692 bits per heavy atom. The molecule has 5 nitrogen and oxygen atoms in total. The predicted octanol–water partition coefficient (Wildman–Crippen LogP) is 10.4. The van der Waals surface area contributed by atoms with E-state index in [-0.39, 0.29) is 12.6 Å². The van der Waals surface area contributed by atoms with Crippen LogP contribution in [-0.4, -0.2) is 35.9 Å². The van der Waals surface area contributed by atoms with Gasteiger partial charge in [0.2, 0.25) is 0 Å². The smallest absolute Gasteiger partial charge is 0.305 e. The normalized spacial score (nSPS) is 12.5. The van der Waals surface area contributed by atoms with Crippen LogP contribution in [0.3, 0.4) is 0 Å². The summed E-state index contributed by atoms with van der Waals surface area (Å²) in [6, 6.07) is 10.7. The third kappa shape index (κ3) is 19.7. The van der Waals surface area contributed by atoms with E-state index in [4.69, 9.17) is 13.8 Å². The van der Waals surface area contributed by atoms with Gasteiger partial charge in [0.05, 0.1) is 13.2 Å². The zero-order valence-corrected chi connectivity index (χ0v) is 26.9. The molecule has 0 saturated heterocycles. The number of esters is 1. The van der Waals surface area contributed by atoms with Crippen LogP contribution in [0, 0.1) is 0 Å². The molecule has 0 bridgehead atoms. The topological polar surface area (TPSA) is 48.0 Å². The largest absolute Gasteiger partial charge is 0.463 e. The highest BCUT2D eigenvalue weighted by Crippen LogP contribution is 2.46. The second kappa shape index (κ2) is 24.8. The highest BCUT2D eigenvalue weighted by atomic mass is 31.2. The predicted molar refractivity (Wildman–Crippen MR) is 167 cm³/mol. The standard InChI is InChI=1S/C33H60NO4P/c1-6-7-8-9-10-11-12-13-14-15-16-17-18-19-23-26-33(35)36-27-28-37-39(34(30(2)3)31(4)5)38-29-32-24-21-20-22-25-32/h20-22,24-25,30-31H,6-19,23,26-29H2,1-5H3. The number of hydrogen-bond acceptors (Lipinski definition) is 5. The zero-order valence-electron chi connectivity index (χ0n) is 26.0. The molecule has 1 atom stereocenters. The van der Waals surface area contributed by atoms with Crippen molar-refractivity contribution in [1.29, 1.82) is 0 Å². The highest BCUT2D eigenvalue weighted by Gasteiger charge is 2.27. The van der Waals surface area contributed by atoms with Crippen LogP contribution < -0.4 is 0 Å². The van der Waals surface area contributed by atoms with E-state index in [0.29, 0.717) is 31.7 Å². The molecule has 1 aromatic carbocycles. The molecule has 226 valence electrons. The third-order valence-corrected chi connectivity index (χ3v) is 9.02. The Kier molecular flexibility index (Phi) is 22.9. The molecule has 1 aromatic rings. The third-order valence-electron chi connectivity index (χ3n) is 6.96. The lowest BCUT2D eigenvalue weighted by Crippen LogP contribution is -2.33. The number of nitrogens with zero attached hydrogens (tertiary/aromatic N) is 1. The summed E-state index contributed by atoms with van der Waals surface area (Å²) in [5, 5.41) is 0. The molecule has 1 unspecified atom stereocenters. The molecular formula is C33H60NO4P. The van der Waals surface area contributed by atoms with Gasteiger partial charge >= 0.3 is 5.97 Å². The van der Waals surface area contributed by atoms with Crippen LogP contribution in [0.4, 0.5) is 0 Å². The first-order valence-electron chi connectivity index (χ1n) is 16.0. The molecule has 0 aromatic heterocycles. The van der Waals surface area contributed by atoms with Gasteiger partial charge in [0.1, 0.15) is 6.61 Å². The van der Waals surface area contributed by atoms with Gasteiger partial charge in [-0.3, -0.25) is 4.79 Å². The molecule has 1 rings (SSSR count). The number of ether oxygens (including phenoxy) is 1. The molecule has 0 spiro atoms. The minimum atomic E-state index is -1.24. The maximum Gasteiger partial charge on any atom is 0.305 e. The van der Waals surface area contributed by atoms with Gasteiger partial charge in [-0.05, 0) is 39.7 Å². The second-order valence-corrected chi connectivity index (χ2v) is 12.8. The number of rotatable bonds is 26. The average molecular weight is 566 g/mol. The Balaban J connectivity index is 2.08. The summed E-state index contributed by atoms with van der Waals surface area (Å²) in [5.74, 6) is -0.118. The summed E-state index contributed by atoms with van der Waals surface area (Å²) < 4.78 is 20.0. The molecule has 0 saturated carbocycles. The molecule has 0 fully saturated rings. The van der Waals surface area contributed by atoms with E-state index < -0.39 is 8.53 Å². The van der Waals surface area contributed by atoms with Crippen LogP contribution in [0.5, 0.6) is 0 Å². The van der Waals surface area contributed by atoms with E-state index >= 15 is 0 Å². The van der Waals surface area contributed by atoms with E-state index in [1.807, 2.05) is 18.2 Å². The second-order valence-electron chi connectivity index (χ2n) is 11.3. The van der Waals surface area contributed by atoms with Gasteiger partial charge in [-0.1, -0.05) is 127 Å². The molecule has 0 aliphatic heterocycles. The van der Waals surface area contributed by atoms with Crippen molar-refractivity contribution in [3.8, 4) is 0 Å². The van der Waals surface area contributed by atoms with E-state index in [1.165, 1.54) is 83.5 Å². The molecule has 0 aliphatic rings. The fourth-order valence-electron chi connectivity index (χ4n) is 4.83. The number of unbranched alkanes of at least 4 members (excludes halogenated alkanes) is 14. The Morgan fingerprint density at radius 3 is 1.67 bits per heavy atom. The van der Waals surface area contributed by atoms with Gasteiger partial charge in [0.25, 0.3) is 8.53 Å². The van der Waals surface area contributed by atoms with Gasteiger partial charge in [-0.2, -0.15) is 0 Å². The van der Waals surface area contributed by atoms with E-state index in [2.05, 4.69) is 51.4 Å². The lowest BCUT2D eigenvalue weighted by Gasteiger charge is -2.35. The van der Waals surface area contributed by atoms with E-state index in [9.17, 15) is 4.79 Å². The number of benzene rings is 1. The van der Waals surface area contributed by atoms with Gasteiger partial charge in [-0.25, -0.2) is 4.67 Å². The lowest BCUT2D eigenvalue weighted by atomic mass is 10.0. The SMILES string of the molecule is CCCCCCCCCCCCCCCCCC(=O)OCCOP(OCc1ccccc1)N(C(C)C)C(C)C. The average Bonchev–Trinajstić information content (AvgIpc) is 2.91. The number of carbonyl (C=O) groups is 1. The van der Waals surface area contributed by atoms with Crippen LogP contribution in [0.25, 0.3) is 0 Å². The number of carbonyl (C=O) groups excluding carboxylic acids is 1. The van der Waals surface area contributed by atoms with Gasteiger partial charge in [0.15, 0.2) is 0 Å². The van der Waals surface area contributed by atoms with E-state index in [0.717, 1.165) is 18.4 Å². The van der Waals surface area contributed by atoms with Crippen molar-refractivity contribution in [1.82, 2.24) is 4.67 Å². The molecule has 0 radical (unpaired) electrons. The Labute approximate surface area is 242 Å². The molecule has 0 heterocycles. The van der Waals surface area contributed by atoms with Gasteiger partial charge < -0.3 is 13.8 Å². The summed E-state index contributed by atoms with van der Waals surface area (Å²) in [6.07, 6.45) is 20.4. The van der Waals surface area contributed by atoms with Gasteiger partial charge in [-0.15, -0.1) is 0 Å². The molecule has 0 aliphatic carbocycles. The van der Waals surface area contributed by atoms with Crippen molar-refractivity contribution >= 4 is 14.5 Å². The monoisotopic (exact) mass is 565 g/mol. The minimum Gasteiger partial charge on any atom is -0.463 e. The van der Waals surface area contributed by atoms with Crippen LogP contribution in [-0.2, 0) is 25.2 Å². The highest BCUT2D eigenvalue weighted by molar-refractivity contribution is 7.44. The fraction of sp³-hybridized carbons (Fsp3) is 0.788. The van der Waals surface area contributed by atoms with Crippen molar-refractivity contribution in [3.63, 3.8) is 0 Å². The molecule has 0 amide bonds.